The highest BCUT2D eigenvalue weighted by molar-refractivity contribution is 7.80. The average Bonchev–Trinajstić information content (AvgIpc) is 3.14. The Morgan fingerprint density at radius 3 is 2.68 bits per heavy atom. The molecule has 0 radical (unpaired) electrons. The first-order chi connectivity index (χ1) is 10.6. The van der Waals surface area contributed by atoms with E-state index in [2.05, 4.69) is 18.4 Å². The molecular formula is C16H14N2OS3. The van der Waals surface area contributed by atoms with Crippen LogP contribution in [0.3, 0.4) is 0 Å². The lowest BCUT2D eigenvalue weighted by Crippen LogP contribution is -1.94. The molecule has 1 aromatic carbocycles. The van der Waals surface area contributed by atoms with Gasteiger partial charge in [-0.05, 0) is 37.3 Å². The molecule has 0 amide bonds. The van der Waals surface area contributed by atoms with Crippen LogP contribution in [-0.2, 0) is 4.74 Å². The van der Waals surface area contributed by atoms with Crippen LogP contribution < -0.4 is 5.73 Å². The number of aromatic nitrogens is 1. The van der Waals surface area contributed by atoms with Gasteiger partial charge in [0.15, 0.2) is 0 Å². The molecule has 0 aliphatic rings. The van der Waals surface area contributed by atoms with E-state index in [1.54, 1.807) is 29.8 Å². The summed E-state index contributed by atoms with van der Waals surface area (Å²) in [7, 11) is 1.60. The number of thiocarbonyl (C=S) groups is 1. The first-order valence-corrected chi connectivity index (χ1v) is 8.69. The number of thiazole rings is 1. The highest BCUT2D eigenvalue weighted by atomic mass is 32.1. The van der Waals surface area contributed by atoms with Gasteiger partial charge >= 0.3 is 0 Å². The summed E-state index contributed by atoms with van der Waals surface area (Å²) in [6, 6.07) is 9.80. The number of thiophene rings is 1. The van der Waals surface area contributed by atoms with Gasteiger partial charge in [0.2, 0.25) is 5.05 Å². The first-order valence-electron chi connectivity index (χ1n) is 6.59. The Kier molecular flexibility index (Phi) is 4.24. The van der Waals surface area contributed by atoms with Gasteiger partial charge in [0.05, 0.1) is 17.7 Å². The molecule has 22 heavy (non-hydrogen) atoms. The highest BCUT2D eigenvalue weighted by Crippen LogP contribution is 2.35. The molecule has 0 atom stereocenters. The summed E-state index contributed by atoms with van der Waals surface area (Å²) in [5, 5.41) is 3.58. The van der Waals surface area contributed by atoms with Crippen LogP contribution in [0.25, 0.3) is 21.8 Å². The molecule has 2 aromatic heterocycles. The number of nitrogen functional groups attached to an aromatic ring is 1. The van der Waals surface area contributed by atoms with Gasteiger partial charge in [-0.2, -0.15) is 0 Å². The predicted octanol–water partition coefficient (Wildman–Crippen LogP) is 4.75. The van der Waals surface area contributed by atoms with Gasteiger partial charge in [0.25, 0.3) is 0 Å². The molecule has 0 saturated carbocycles. The monoisotopic (exact) mass is 346 g/mol. The van der Waals surface area contributed by atoms with E-state index in [1.807, 2.05) is 24.3 Å². The Balaban J connectivity index is 1.95. The van der Waals surface area contributed by atoms with Crippen molar-refractivity contribution in [2.75, 3.05) is 12.8 Å². The lowest BCUT2D eigenvalue weighted by Gasteiger charge is -1.97. The molecule has 112 valence electrons. The van der Waals surface area contributed by atoms with Crippen LogP contribution in [0.15, 0.2) is 35.7 Å². The van der Waals surface area contributed by atoms with E-state index < -0.39 is 0 Å². The lowest BCUT2D eigenvalue weighted by molar-refractivity contribution is 0.417. The van der Waals surface area contributed by atoms with Crippen LogP contribution in [0, 0.1) is 6.92 Å². The van der Waals surface area contributed by atoms with Gasteiger partial charge in [-0.15, -0.1) is 22.7 Å². The zero-order chi connectivity index (χ0) is 15.7. The molecule has 0 aliphatic heterocycles. The Morgan fingerprint density at radius 2 is 2.00 bits per heavy atom. The van der Waals surface area contributed by atoms with Gasteiger partial charge in [0, 0.05) is 27.1 Å². The predicted molar refractivity (Wildman–Crippen MR) is 98.7 cm³/mol. The number of hydrogen-bond donors (Lipinski definition) is 1. The minimum Gasteiger partial charge on any atom is -0.486 e. The van der Waals surface area contributed by atoms with Crippen LogP contribution in [0.1, 0.15) is 9.75 Å². The molecule has 0 saturated heterocycles. The molecule has 0 aliphatic carbocycles. The van der Waals surface area contributed by atoms with Gasteiger partial charge < -0.3 is 10.5 Å². The molecule has 0 fully saturated rings. The summed E-state index contributed by atoms with van der Waals surface area (Å²) < 4.78 is 5.14. The van der Waals surface area contributed by atoms with Gasteiger partial charge in [-0.1, -0.05) is 12.1 Å². The standard InChI is InChI=1S/C16H14N2OS3/c1-9-12(7-14(22-9)16(20)19-2)15-18-13(8-21-15)10-3-5-11(17)6-4-10/h3-8H,17H2,1-2H3. The first kappa shape index (κ1) is 15.1. The van der Waals surface area contributed by atoms with Crippen molar-refractivity contribution in [2.45, 2.75) is 6.92 Å². The molecule has 3 nitrogen and oxygen atoms in total. The van der Waals surface area contributed by atoms with Crippen molar-refractivity contribution in [3.63, 3.8) is 0 Å². The quantitative estimate of drug-likeness (QED) is 0.549. The topological polar surface area (TPSA) is 48.1 Å². The van der Waals surface area contributed by atoms with Crippen LogP contribution >= 0.6 is 34.9 Å². The number of benzene rings is 1. The number of rotatable bonds is 3. The van der Waals surface area contributed by atoms with Crippen molar-refractivity contribution < 1.29 is 4.74 Å². The van der Waals surface area contributed by atoms with E-state index in [1.165, 1.54) is 4.88 Å². The third-order valence-corrected chi connectivity index (χ3v) is 5.69. The van der Waals surface area contributed by atoms with Gasteiger partial charge in [-0.25, -0.2) is 4.98 Å². The molecule has 2 heterocycles. The summed E-state index contributed by atoms with van der Waals surface area (Å²) in [4.78, 5) is 6.89. The van der Waals surface area contributed by atoms with Crippen LogP contribution in [0.4, 0.5) is 5.69 Å². The molecule has 6 heteroatoms. The van der Waals surface area contributed by atoms with Crippen molar-refractivity contribution in [2.24, 2.45) is 0 Å². The van der Waals surface area contributed by atoms with Crippen LogP contribution in [0.2, 0.25) is 0 Å². The summed E-state index contributed by atoms with van der Waals surface area (Å²) >= 11 is 8.46. The summed E-state index contributed by atoms with van der Waals surface area (Å²) in [5.41, 5.74) is 9.62. The molecule has 0 bridgehead atoms. The summed E-state index contributed by atoms with van der Waals surface area (Å²) in [6.07, 6.45) is 0. The second kappa shape index (κ2) is 6.16. The fraction of sp³-hybridized carbons (Fsp3) is 0.125. The second-order valence-electron chi connectivity index (χ2n) is 4.73. The number of nitrogens with zero attached hydrogens (tertiary/aromatic N) is 1. The van der Waals surface area contributed by atoms with Crippen LogP contribution in [0.5, 0.6) is 0 Å². The maximum Gasteiger partial charge on any atom is 0.201 e. The van der Waals surface area contributed by atoms with Crippen LogP contribution in [-0.4, -0.2) is 17.1 Å². The van der Waals surface area contributed by atoms with E-state index in [0.29, 0.717) is 5.05 Å². The fourth-order valence-electron chi connectivity index (χ4n) is 2.08. The van der Waals surface area contributed by atoms with Gasteiger partial charge in [-0.3, -0.25) is 0 Å². The molecule has 0 spiro atoms. The summed E-state index contributed by atoms with van der Waals surface area (Å²) in [5.74, 6) is 0. The number of ether oxygens (including phenoxy) is 1. The molecule has 3 aromatic rings. The normalized spacial score (nSPS) is 10.6. The van der Waals surface area contributed by atoms with E-state index in [-0.39, 0.29) is 0 Å². The maximum absolute atomic E-state index is 5.72. The number of aryl methyl sites for hydroxylation is 1. The molecule has 3 rings (SSSR count). The van der Waals surface area contributed by atoms with Crippen molar-refractivity contribution in [1.29, 1.82) is 0 Å². The minimum atomic E-state index is 0.523. The van der Waals surface area contributed by atoms with E-state index >= 15 is 0 Å². The number of nitrogens with two attached hydrogens (primary N) is 1. The Morgan fingerprint density at radius 1 is 1.27 bits per heavy atom. The van der Waals surface area contributed by atoms with E-state index in [0.717, 1.165) is 32.4 Å². The highest BCUT2D eigenvalue weighted by Gasteiger charge is 2.14. The van der Waals surface area contributed by atoms with Crippen molar-refractivity contribution in [3.05, 3.63) is 45.5 Å². The zero-order valence-corrected chi connectivity index (χ0v) is 14.6. The van der Waals surface area contributed by atoms with Crippen molar-refractivity contribution in [1.82, 2.24) is 4.98 Å². The zero-order valence-electron chi connectivity index (χ0n) is 12.1. The van der Waals surface area contributed by atoms with E-state index in [4.69, 9.17) is 27.7 Å². The number of methoxy groups -OCH3 is 1. The van der Waals surface area contributed by atoms with E-state index in [9.17, 15) is 0 Å². The number of anilines is 1. The fourth-order valence-corrected chi connectivity index (χ4v) is 4.17. The lowest BCUT2D eigenvalue weighted by atomic mass is 10.1. The SMILES string of the molecule is COC(=S)c1cc(-c2nc(-c3ccc(N)cc3)cs2)c(C)s1. The largest absolute Gasteiger partial charge is 0.486 e. The molecule has 0 unspecified atom stereocenters. The summed E-state index contributed by atoms with van der Waals surface area (Å²) in [6.45, 7) is 2.08. The average molecular weight is 347 g/mol. The Bertz CT molecular complexity index is 818. The van der Waals surface area contributed by atoms with Crippen molar-refractivity contribution in [3.8, 4) is 21.8 Å². The smallest absolute Gasteiger partial charge is 0.201 e. The second-order valence-corrected chi connectivity index (χ2v) is 7.22. The van der Waals surface area contributed by atoms with Crippen molar-refractivity contribution >= 4 is 45.6 Å². The molecular weight excluding hydrogens is 332 g/mol. The number of hydrogen-bond acceptors (Lipinski definition) is 6. The van der Waals surface area contributed by atoms with Gasteiger partial charge in [0.1, 0.15) is 5.01 Å². The third-order valence-electron chi connectivity index (χ3n) is 3.25. The Hall–Kier alpha value is -1.76. The third kappa shape index (κ3) is 2.90. The minimum absolute atomic E-state index is 0.523. The molecule has 2 N–H and O–H groups in total. The Labute approximate surface area is 142 Å². The maximum atomic E-state index is 5.72.